The largest absolute Gasteiger partial charge is 0.312 e. The maximum absolute atomic E-state index is 3.61. The van der Waals surface area contributed by atoms with Gasteiger partial charge in [0.1, 0.15) is 0 Å². The first-order chi connectivity index (χ1) is 10.1. The van der Waals surface area contributed by atoms with Crippen LogP contribution in [0.1, 0.15) is 56.7 Å². The maximum Gasteiger partial charge on any atom is 0.0478 e. The highest BCUT2D eigenvalue weighted by atomic mass is 15.2. The van der Waals surface area contributed by atoms with Gasteiger partial charge in [-0.25, -0.2) is 0 Å². The SMILES string of the molecule is CNC1c2ccccc2C(C)CC1N1CCC(C(C)C)C1. The molecule has 4 atom stereocenters. The molecule has 3 rings (SSSR count). The van der Waals surface area contributed by atoms with Crippen molar-refractivity contribution < 1.29 is 0 Å². The molecule has 1 aliphatic heterocycles. The molecule has 1 fully saturated rings. The Morgan fingerprint density at radius 2 is 1.90 bits per heavy atom. The number of hydrogen-bond donors (Lipinski definition) is 1. The molecule has 0 saturated carbocycles. The molecular weight excluding hydrogens is 256 g/mol. The van der Waals surface area contributed by atoms with Gasteiger partial charge >= 0.3 is 0 Å². The number of benzene rings is 1. The molecule has 1 heterocycles. The fourth-order valence-electron chi connectivity index (χ4n) is 4.44. The molecule has 0 amide bonds. The fraction of sp³-hybridized carbons (Fsp3) is 0.684. The van der Waals surface area contributed by atoms with Crippen LogP contribution in [0, 0.1) is 11.8 Å². The first-order valence-corrected chi connectivity index (χ1v) is 8.62. The summed E-state index contributed by atoms with van der Waals surface area (Å²) in [5.74, 6) is 2.38. The summed E-state index contributed by atoms with van der Waals surface area (Å²) >= 11 is 0. The average molecular weight is 286 g/mol. The van der Waals surface area contributed by atoms with Crippen molar-refractivity contribution in [2.75, 3.05) is 20.1 Å². The number of nitrogens with one attached hydrogen (secondary N) is 1. The first kappa shape index (κ1) is 15.1. The maximum atomic E-state index is 3.61. The van der Waals surface area contributed by atoms with Gasteiger partial charge in [0.25, 0.3) is 0 Å². The van der Waals surface area contributed by atoms with E-state index in [9.17, 15) is 0 Å². The van der Waals surface area contributed by atoms with Crippen molar-refractivity contribution in [3.63, 3.8) is 0 Å². The molecule has 1 aliphatic carbocycles. The van der Waals surface area contributed by atoms with Crippen molar-refractivity contribution in [3.8, 4) is 0 Å². The van der Waals surface area contributed by atoms with Crippen molar-refractivity contribution in [2.24, 2.45) is 11.8 Å². The van der Waals surface area contributed by atoms with Gasteiger partial charge in [-0.3, -0.25) is 4.90 Å². The molecule has 116 valence electrons. The molecule has 1 aromatic rings. The van der Waals surface area contributed by atoms with E-state index in [0.29, 0.717) is 18.0 Å². The van der Waals surface area contributed by atoms with E-state index in [1.54, 1.807) is 5.56 Å². The summed E-state index contributed by atoms with van der Waals surface area (Å²) in [6, 6.07) is 10.2. The minimum Gasteiger partial charge on any atom is -0.312 e. The van der Waals surface area contributed by atoms with Gasteiger partial charge in [-0.1, -0.05) is 45.0 Å². The Morgan fingerprint density at radius 3 is 2.52 bits per heavy atom. The van der Waals surface area contributed by atoms with Crippen LogP contribution < -0.4 is 5.32 Å². The zero-order valence-corrected chi connectivity index (χ0v) is 14.0. The lowest BCUT2D eigenvalue weighted by Crippen LogP contribution is -2.46. The van der Waals surface area contributed by atoms with E-state index in [-0.39, 0.29) is 0 Å². The van der Waals surface area contributed by atoms with Crippen LogP contribution in [0.3, 0.4) is 0 Å². The molecule has 1 N–H and O–H groups in total. The third-order valence-electron chi connectivity index (χ3n) is 5.82. The second-order valence-corrected chi connectivity index (χ2v) is 7.39. The highest BCUT2D eigenvalue weighted by molar-refractivity contribution is 5.36. The summed E-state index contributed by atoms with van der Waals surface area (Å²) in [5, 5.41) is 3.61. The first-order valence-electron chi connectivity index (χ1n) is 8.62. The lowest BCUT2D eigenvalue weighted by Gasteiger charge is -2.42. The van der Waals surface area contributed by atoms with Gasteiger partial charge in [0.15, 0.2) is 0 Å². The van der Waals surface area contributed by atoms with Gasteiger partial charge in [-0.15, -0.1) is 0 Å². The number of hydrogen-bond acceptors (Lipinski definition) is 2. The van der Waals surface area contributed by atoms with Crippen molar-refractivity contribution >= 4 is 0 Å². The Kier molecular flexibility index (Phi) is 4.37. The van der Waals surface area contributed by atoms with Crippen LogP contribution in [0.2, 0.25) is 0 Å². The van der Waals surface area contributed by atoms with E-state index in [1.807, 2.05) is 0 Å². The van der Waals surface area contributed by atoms with Crippen LogP contribution in [0.25, 0.3) is 0 Å². The van der Waals surface area contributed by atoms with E-state index < -0.39 is 0 Å². The summed E-state index contributed by atoms with van der Waals surface area (Å²) < 4.78 is 0. The molecule has 0 aromatic heterocycles. The van der Waals surface area contributed by atoms with Gasteiger partial charge in [-0.2, -0.15) is 0 Å². The van der Waals surface area contributed by atoms with Crippen LogP contribution in [0.15, 0.2) is 24.3 Å². The summed E-state index contributed by atoms with van der Waals surface area (Å²) in [6.45, 7) is 9.72. The number of fused-ring (bicyclic) bond motifs is 1. The van der Waals surface area contributed by atoms with Crippen molar-refractivity contribution in [3.05, 3.63) is 35.4 Å². The number of nitrogens with zero attached hydrogens (tertiary/aromatic N) is 1. The molecule has 1 saturated heterocycles. The molecule has 2 aliphatic rings. The Hall–Kier alpha value is -0.860. The van der Waals surface area contributed by atoms with Gasteiger partial charge in [0.2, 0.25) is 0 Å². The third-order valence-corrected chi connectivity index (χ3v) is 5.82. The molecule has 0 bridgehead atoms. The minimum atomic E-state index is 0.489. The molecule has 4 unspecified atom stereocenters. The van der Waals surface area contributed by atoms with E-state index >= 15 is 0 Å². The highest BCUT2D eigenvalue weighted by Crippen LogP contribution is 2.41. The van der Waals surface area contributed by atoms with E-state index in [4.69, 9.17) is 0 Å². The van der Waals surface area contributed by atoms with Gasteiger partial charge in [0, 0.05) is 18.6 Å². The Balaban J connectivity index is 1.84. The zero-order valence-electron chi connectivity index (χ0n) is 14.0. The Bertz CT molecular complexity index is 482. The summed E-state index contributed by atoms with van der Waals surface area (Å²) in [4.78, 5) is 2.76. The topological polar surface area (TPSA) is 15.3 Å². The monoisotopic (exact) mass is 286 g/mol. The summed E-state index contributed by atoms with van der Waals surface area (Å²) in [6.07, 6.45) is 2.66. The van der Waals surface area contributed by atoms with E-state index in [0.717, 1.165) is 11.8 Å². The van der Waals surface area contributed by atoms with Crippen LogP contribution in [0.4, 0.5) is 0 Å². The third kappa shape index (κ3) is 2.76. The van der Waals surface area contributed by atoms with E-state index in [2.05, 4.69) is 62.3 Å². The van der Waals surface area contributed by atoms with Crippen molar-refractivity contribution in [1.29, 1.82) is 0 Å². The molecule has 0 spiro atoms. The number of likely N-dealkylation sites (tertiary alicyclic amines) is 1. The van der Waals surface area contributed by atoms with Crippen LogP contribution >= 0.6 is 0 Å². The molecule has 2 nitrogen and oxygen atoms in total. The average Bonchev–Trinajstić information content (AvgIpc) is 2.97. The van der Waals surface area contributed by atoms with E-state index in [1.165, 1.54) is 31.5 Å². The smallest absolute Gasteiger partial charge is 0.0478 e. The molecular formula is C19H30N2. The van der Waals surface area contributed by atoms with Crippen molar-refractivity contribution in [1.82, 2.24) is 10.2 Å². The Morgan fingerprint density at radius 1 is 1.19 bits per heavy atom. The predicted molar refractivity (Wildman–Crippen MR) is 89.6 cm³/mol. The standard InChI is InChI=1S/C19H30N2/c1-13(2)15-9-10-21(12-15)18-11-14(3)16-7-5-6-8-17(16)19(18)20-4/h5-8,13-15,18-20H,9-12H2,1-4H3. The summed E-state index contributed by atoms with van der Waals surface area (Å²) in [5.41, 5.74) is 3.07. The second kappa shape index (κ2) is 6.10. The minimum absolute atomic E-state index is 0.489. The van der Waals surface area contributed by atoms with Gasteiger partial charge in [0.05, 0.1) is 0 Å². The fourth-order valence-corrected chi connectivity index (χ4v) is 4.44. The normalized spacial score (nSPS) is 33.4. The summed E-state index contributed by atoms with van der Waals surface area (Å²) in [7, 11) is 2.13. The highest BCUT2D eigenvalue weighted by Gasteiger charge is 2.38. The van der Waals surface area contributed by atoms with Crippen LogP contribution in [-0.2, 0) is 0 Å². The zero-order chi connectivity index (χ0) is 15.0. The molecule has 21 heavy (non-hydrogen) atoms. The number of likely N-dealkylation sites (N-methyl/N-ethyl adjacent to an activating group) is 1. The lowest BCUT2D eigenvalue weighted by atomic mass is 9.77. The van der Waals surface area contributed by atoms with Gasteiger partial charge < -0.3 is 5.32 Å². The van der Waals surface area contributed by atoms with Crippen LogP contribution in [-0.4, -0.2) is 31.1 Å². The van der Waals surface area contributed by atoms with Crippen LogP contribution in [0.5, 0.6) is 0 Å². The Labute approximate surface area is 129 Å². The molecule has 2 heteroatoms. The van der Waals surface area contributed by atoms with Crippen molar-refractivity contribution in [2.45, 2.75) is 51.6 Å². The predicted octanol–water partition coefficient (Wildman–Crippen LogP) is 3.80. The molecule has 0 radical (unpaired) electrons. The van der Waals surface area contributed by atoms with Gasteiger partial charge in [-0.05, 0) is 55.3 Å². The quantitative estimate of drug-likeness (QED) is 0.909. The number of rotatable bonds is 3. The second-order valence-electron chi connectivity index (χ2n) is 7.39. The molecule has 1 aromatic carbocycles. The lowest BCUT2D eigenvalue weighted by molar-refractivity contribution is 0.157.